The van der Waals surface area contributed by atoms with Gasteiger partial charge in [0.05, 0.1) is 38.6 Å². The minimum atomic E-state index is 0.0802. The third-order valence-corrected chi connectivity index (χ3v) is 7.10. The van der Waals surface area contributed by atoms with Crippen LogP contribution < -0.4 is 10.6 Å². The van der Waals surface area contributed by atoms with E-state index in [-0.39, 0.29) is 28.0 Å². The van der Waals surface area contributed by atoms with Crippen LogP contribution in [0.4, 0.5) is 0 Å². The second-order valence-electron chi connectivity index (χ2n) is 14.4. The minimum Gasteiger partial charge on any atom is -0.380 e. The average molecular weight is 515 g/mol. The van der Waals surface area contributed by atoms with Crippen molar-refractivity contribution in [1.82, 2.24) is 10.6 Å². The van der Waals surface area contributed by atoms with Crippen LogP contribution >= 0.6 is 0 Å². The Labute approximate surface area is 224 Å². The molecule has 0 spiro atoms. The van der Waals surface area contributed by atoms with Crippen LogP contribution in [0.3, 0.4) is 0 Å². The van der Waals surface area contributed by atoms with Crippen LogP contribution in [0.5, 0.6) is 0 Å². The third kappa shape index (κ3) is 16.6. The highest BCUT2D eigenvalue weighted by Crippen LogP contribution is 2.28. The van der Waals surface area contributed by atoms with E-state index >= 15 is 0 Å². The highest BCUT2D eigenvalue weighted by molar-refractivity contribution is 4.90. The summed E-state index contributed by atoms with van der Waals surface area (Å²) in [4.78, 5) is 0. The van der Waals surface area contributed by atoms with E-state index in [0.29, 0.717) is 25.4 Å². The lowest BCUT2D eigenvalue weighted by Crippen LogP contribution is -2.52. The number of ether oxygens (including phenoxy) is 4. The molecule has 0 saturated heterocycles. The summed E-state index contributed by atoms with van der Waals surface area (Å²) < 4.78 is 23.6. The highest BCUT2D eigenvalue weighted by atomic mass is 16.5. The van der Waals surface area contributed by atoms with Crippen LogP contribution in [-0.4, -0.2) is 75.5 Å². The molecule has 6 nitrogen and oxygen atoms in total. The van der Waals surface area contributed by atoms with Gasteiger partial charge in [-0.05, 0) is 84.5 Å². The van der Waals surface area contributed by atoms with Crippen molar-refractivity contribution < 1.29 is 18.9 Å². The minimum absolute atomic E-state index is 0.0802. The molecule has 216 valence electrons. The van der Waals surface area contributed by atoms with Crippen LogP contribution in [0.1, 0.15) is 108 Å². The van der Waals surface area contributed by atoms with Gasteiger partial charge in [-0.25, -0.2) is 0 Å². The van der Waals surface area contributed by atoms with Crippen LogP contribution in [0.2, 0.25) is 0 Å². The average Bonchev–Trinajstić information content (AvgIpc) is 2.70. The molecule has 1 rings (SSSR count). The highest BCUT2D eigenvalue weighted by Gasteiger charge is 2.32. The first-order valence-electron chi connectivity index (χ1n) is 14.4. The predicted molar refractivity (Wildman–Crippen MR) is 152 cm³/mol. The number of hydrogen-bond donors (Lipinski definition) is 2. The monoisotopic (exact) mass is 514 g/mol. The molecule has 1 aliphatic rings. The van der Waals surface area contributed by atoms with Gasteiger partial charge in [-0.3, -0.25) is 0 Å². The Morgan fingerprint density at radius 2 is 1.44 bits per heavy atom. The Morgan fingerprint density at radius 1 is 0.778 bits per heavy atom. The molecule has 0 amide bonds. The first-order chi connectivity index (χ1) is 16.5. The SMILES string of the molecule is C[C@H](OCCCOCCNC(C)(C)CCC(C)(C)COCCOC1CC(NC(C)(C)C)C1)C(C)(C)C. The maximum atomic E-state index is 5.98. The van der Waals surface area contributed by atoms with Crippen molar-refractivity contribution in [3.8, 4) is 0 Å². The van der Waals surface area contributed by atoms with Gasteiger partial charge in [0.15, 0.2) is 0 Å². The Kier molecular flexibility index (Phi) is 14.4. The van der Waals surface area contributed by atoms with E-state index in [2.05, 4.69) is 86.8 Å². The molecule has 0 bridgehead atoms. The molecule has 0 aromatic heterocycles. The molecular weight excluding hydrogens is 452 g/mol. The topological polar surface area (TPSA) is 61.0 Å². The van der Waals surface area contributed by atoms with Crippen molar-refractivity contribution in [2.75, 3.05) is 46.2 Å². The lowest BCUT2D eigenvalue weighted by molar-refractivity contribution is -0.0542. The van der Waals surface area contributed by atoms with Gasteiger partial charge in [0.2, 0.25) is 0 Å². The molecule has 2 N–H and O–H groups in total. The summed E-state index contributed by atoms with van der Waals surface area (Å²) in [6, 6.07) is 0.597. The summed E-state index contributed by atoms with van der Waals surface area (Å²) in [5.74, 6) is 0. The summed E-state index contributed by atoms with van der Waals surface area (Å²) >= 11 is 0. The van der Waals surface area contributed by atoms with E-state index in [0.717, 1.165) is 65.1 Å². The van der Waals surface area contributed by atoms with E-state index < -0.39 is 0 Å². The van der Waals surface area contributed by atoms with Crippen molar-refractivity contribution in [2.24, 2.45) is 10.8 Å². The Bertz CT molecular complexity index is 574. The van der Waals surface area contributed by atoms with Crippen LogP contribution in [0.25, 0.3) is 0 Å². The fraction of sp³-hybridized carbons (Fsp3) is 1.00. The zero-order valence-corrected chi connectivity index (χ0v) is 25.9. The van der Waals surface area contributed by atoms with Crippen molar-refractivity contribution in [3.05, 3.63) is 0 Å². The summed E-state index contributed by atoms with van der Waals surface area (Å²) in [6.07, 6.45) is 6.03. The van der Waals surface area contributed by atoms with E-state index in [1.807, 2.05) is 0 Å². The second-order valence-corrected chi connectivity index (χ2v) is 14.4. The molecule has 0 radical (unpaired) electrons. The first kappa shape index (κ1) is 33.8. The van der Waals surface area contributed by atoms with E-state index in [4.69, 9.17) is 18.9 Å². The van der Waals surface area contributed by atoms with E-state index in [1.165, 1.54) is 0 Å². The van der Waals surface area contributed by atoms with Gasteiger partial charge in [-0.1, -0.05) is 34.6 Å². The molecule has 1 saturated carbocycles. The first-order valence-corrected chi connectivity index (χ1v) is 14.4. The molecule has 1 aliphatic carbocycles. The van der Waals surface area contributed by atoms with E-state index in [9.17, 15) is 0 Å². The lowest BCUT2D eigenvalue weighted by Gasteiger charge is -2.40. The van der Waals surface area contributed by atoms with Crippen LogP contribution in [-0.2, 0) is 18.9 Å². The maximum Gasteiger partial charge on any atom is 0.0704 e. The molecule has 0 heterocycles. The molecule has 1 fully saturated rings. The van der Waals surface area contributed by atoms with Gasteiger partial charge < -0.3 is 29.6 Å². The summed E-state index contributed by atoms with van der Waals surface area (Å²) in [5.41, 5.74) is 0.604. The van der Waals surface area contributed by atoms with Crippen molar-refractivity contribution in [1.29, 1.82) is 0 Å². The standard InChI is InChI=1S/C30H62N2O4/c1-24(27(2,3)4)35-17-12-16-33-18-15-31-30(10,11)14-13-29(8,9)23-34-19-20-36-26-21-25(22-26)32-28(5,6)7/h24-26,31-32H,12-23H2,1-11H3/t24-,25?,26?/m0/s1. The quantitative estimate of drug-likeness (QED) is 0.207. The van der Waals surface area contributed by atoms with Crippen molar-refractivity contribution in [2.45, 2.75) is 138 Å². The molecule has 0 unspecified atom stereocenters. The van der Waals surface area contributed by atoms with Crippen molar-refractivity contribution in [3.63, 3.8) is 0 Å². The van der Waals surface area contributed by atoms with E-state index in [1.54, 1.807) is 0 Å². The molecule has 1 atom stereocenters. The Morgan fingerprint density at radius 3 is 2.06 bits per heavy atom. The van der Waals surface area contributed by atoms with Gasteiger partial charge in [0.25, 0.3) is 0 Å². The van der Waals surface area contributed by atoms with Gasteiger partial charge in [-0.2, -0.15) is 0 Å². The van der Waals surface area contributed by atoms with Gasteiger partial charge in [0, 0.05) is 36.9 Å². The number of rotatable bonds is 19. The molecule has 36 heavy (non-hydrogen) atoms. The largest absolute Gasteiger partial charge is 0.380 e. The van der Waals surface area contributed by atoms with Gasteiger partial charge >= 0.3 is 0 Å². The van der Waals surface area contributed by atoms with Crippen molar-refractivity contribution >= 4 is 0 Å². The summed E-state index contributed by atoms with van der Waals surface area (Å²) in [7, 11) is 0. The Balaban J connectivity index is 2.03. The normalized spacial score (nSPS) is 20.4. The zero-order chi connectivity index (χ0) is 27.5. The maximum absolute atomic E-state index is 5.98. The fourth-order valence-electron chi connectivity index (χ4n) is 4.10. The predicted octanol–water partition coefficient (Wildman–Crippen LogP) is 5.97. The van der Waals surface area contributed by atoms with Crippen LogP contribution in [0, 0.1) is 10.8 Å². The second kappa shape index (κ2) is 15.4. The third-order valence-electron chi connectivity index (χ3n) is 7.10. The zero-order valence-electron chi connectivity index (χ0n) is 25.9. The molecule has 0 aromatic rings. The Hall–Kier alpha value is -0.240. The van der Waals surface area contributed by atoms with Crippen LogP contribution in [0.15, 0.2) is 0 Å². The molecule has 0 aromatic carbocycles. The number of nitrogens with one attached hydrogen (secondary N) is 2. The summed E-state index contributed by atoms with van der Waals surface area (Å²) in [5, 5.41) is 7.30. The summed E-state index contributed by atoms with van der Waals surface area (Å²) in [6.45, 7) is 29.8. The molecule has 0 aliphatic heterocycles. The van der Waals surface area contributed by atoms with Gasteiger partial charge in [-0.15, -0.1) is 0 Å². The molecular formula is C30H62N2O4. The fourth-order valence-corrected chi connectivity index (χ4v) is 4.10. The smallest absolute Gasteiger partial charge is 0.0704 e. The number of hydrogen-bond acceptors (Lipinski definition) is 6. The molecule has 6 heteroatoms. The lowest BCUT2D eigenvalue weighted by atomic mass is 9.83. The van der Waals surface area contributed by atoms with Gasteiger partial charge in [0.1, 0.15) is 0 Å².